The number of ether oxygens (including phenoxy) is 1. The molecule has 0 bridgehead atoms. The molecule has 2 heterocycles. The standard InChI is InChI=1S/C25H25N3O4/c1-15-11-18(25(3,4)30)23-20(12-15)28-24(32-23)19-10-9-17(13-26-19)27-22(29)14-31-21-8-6-5-7-16(21)2/h5-13,30H,14H2,1-4H3,(H,27,29). The van der Waals surface area contributed by atoms with E-state index in [9.17, 15) is 9.90 Å². The van der Waals surface area contributed by atoms with Crippen LogP contribution in [0, 0.1) is 13.8 Å². The van der Waals surface area contributed by atoms with Crippen molar-refractivity contribution < 1.29 is 19.1 Å². The average Bonchev–Trinajstić information content (AvgIpc) is 3.16. The molecule has 4 aromatic rings. The van der Waals surface area contributed by atoms with E-state index in [1.165, 1.54) is 6.20 Å². The molecule has 0 saturated heterocycles. The van der Waals surface area contributed by atoms with Crippen LogP contribution in [0.2, 0.25) is 0 Å². The molecule has 0 spiro atoms. The molecule has 1 amide bonds. The Balaban J connectivity index is 1.48. The maximum atomic E-state index is 12.2. The van der Waals surface area contributed by atoms with E-state index in [-0.39, 0.29) is 12.5 Å². The highest BCUT2D eigenvalue weighted by molar-refractivity contribution is 5.91. The molecular formula is C25H25N3O4. The molecule has 0 saturated carbocycles. The molecule has 2 N–H and O–H groups in total. The molecule has 0 atom stereocenters. The topological polar surface area (TPSA) is 97.5 Å². The first-order valence-electron chi connectivity index (χ1n) is 10.3. The van der Waals surface area contributed by atoms with Crippen LogP contribution in [0.1, 0.15) is 30.5 Å². The first-order chi connectivity index (χ1) is 15.2. The zero-order valence-electron chi connectivity index (χ0n) is 18.5. The summed E-state index contributed by atoms with van der Waals surface area (Å²) in [5.74, 6) is 0.736. The highest BCUT2D eigenvalue weighted by atomic mass is 16.5. The second kappa shape index (κ2) is 8.43. The van der Waals surface area contributed by atoms with E-state index >= 15 is 0 Å². The lowest BCUT2D eigenvalue weighted by Crippen LogP contribution is -2.20. The summed E-state index contributed by atoms with van der Waals surface area (Å²) in [6.45, 7) is 7.19. The molecule has 0 fully saturated rings. The summed E-state index contributed by atoms with van der Waals surface area (Å²) >= 11 is 0. The number of pyridine rings is 1. The van der Waals surface area contributed by atoms with E-state index < -0.39 is 5.60 Å². The number of para-hydroxylation sites is 1. The zero-order chi connectivity index (χ0) is 22.9. The fraction of sp³-hybridized carbons (Fsp3) is 0.240. The van der Waals surface area contributed by atoms with Gasteiger partial charge in [0.1, 0.15) is 17.0 Å². The number of hydrogen-bond donors (Lipinski definition) is 2. The molecule has 0 unspecified atom stereocenters. The summed E-state index contributed by atoms with van der Waals surface area (Å²) < 4.78 is 11.5. The van der Waals surface area contributed by atoms with Gasteiger partial charge in [0, 0.05) is 5.56 Å². The second-order valence-corrected chi connectivity index (χ2v) is 8.27. The molecule has 7 heteroatoms. The predicted molar refractivity (Wildman–Crippen MR) is 123 cm³/mol. The number of nitrogens with zero attached hydrogens (tertiary/aromatic N) is 2. The van der Waals surface area contributed by atoms with Gasteiger partial charge in [0.05, 0.1) is 17.5 Å². The third-order valence-electron chi connectivity index (χ3n) is 5.01. The highest BCUT2D eigenvalue weighted by Gasteiger charge is 2.23. The lowest BCUT2D eigenvalue weighted by molar-refractivity contribution is -0.118. The van der Waals surface area contributed by atoms with Crippen molar-refractivity contribution in [1.82, 2.24) is 9.97 Å². The van der Waals surface area contributed by atoms with Crippen LogP contribution >= 0.6 is 0 Å². The number of amides is 1. The van der Waals surface area contributed by atoms with Crippen molar-refractivity contribution in [3.8, 4) is 17.3 Å². The number of benzene rings is 2. The lowest BCUT2D eigenvalue weighted by Gasteiger charge is -2.18. The van der Waals surface area contributed by atoms with Crippen LogP contribution in [0.25, 0.3) is 22.7 Å². The Morgan fingerprint density at radius 2 is 1.94 bits per heavy atom. The minimum atomic E-state index is -1.07. The number of fused-ring (bicyclic) bond motifs is 1. The van der Waals surface area contributed by atoms with Gasteiger partial charge < -0.3 is 19.6 Å². The van der Waals surface area contributed by atoms with Crippen molar-refractivity contribution in [1.29, 1.82) is 0 Å². The predicted octanol–water partition coefficient (Wildman–Crippen LogP) is 4.75. The third-order valence-corrected chi connectivity index (χ3v) is 5.01. The van der Waals surface area contributed by atoms with Gasteiger partial charge in [0.2, 0.25) is 5.89 Å². The first-order valence-corrected chi connectivity index (χ1v) is 10.3. The largest absolute Gasteiger partial charge is 0.483 e. The van der Waals surface area contributed by atoms with Gasteiger partial charge in [-0.05, 0) is 69.2 Å². The van der Waals surface area contributed by atoms with Crippen molar-refractivity contribution in [3.05, 3.63) is 71.4 Å². The summed E-state index contributed by atoms with van der Waals surface area (Å²) in [6.07, 6.45) is 1.54. The van der Waals surface area contributed by atoms with Crippen LogP contribution in [0.3, 0.4) is 0 Å². The summed E-state index contributed by atoms with van der Waals surface area (Å²) in [7, 11) is 0. The molecule has 0 aliphatic heterocycles. The molecule has 4 rings (SSSR count). The maximum absolute atomic E-state index is 12.2. The zero-order valence-corrected chi connectivity index (χ0v) is 18.5. The number of carbonyl (C=O) groups excluding carboxylic acids is 1. The van der Waals surface area contributed by atoms with E-state index in [0.717, 1.165) is 11.1 Å². The van der Waals surface area contributed by atoms with Gasteiger partial charge in [-0.1, -0.05) is 18.2 Å². The van der Waals surface area contributed by atoms with Crippen molar-refractivity contribution >= 4 is 22.7 Å². The van der Waals surface area contributed by atoms with Crippen molar-refractivity contribution in [2.75, 3.05) is 11.9 Å². The molecule has 2 aromatic carbocycles. The number of oxazole rings is 1. The number of nitrogens with one attached hydrogen (secondary N) is 1. The van der Waals surface area contributed by atoms with Crippen molar-refractivity contribution in [3.63, 3.8) is 0 Å². The van der Waals surface area contributed by atoms with Crippen LogP contribution in [-0.2, 0) is 10.4 Å². The van der Waals surface area contributed by atoms with Crippen LogP contribution < -0.4 is 10.1 Å². The van der Waals surface area contributed by atoms with Crippen LogP contribution in [-0.4, -0.2) is 27.6 Å². The molecule has 0 aliphatic carbocycles. The lowest BCUT2D eigenvalue weighted by atomic mass is 9.96. The molecule has 7 nitrogen and oxygen atoms in total. The smallest absolute Gasteiger partial charge is 0.262 e. The number of aromatic nitrogens is 2. The Kier molecular flexibility index (Phi) is 5.67. The molecule has 2 aromatic heterocycles. The Morgan fingerprint density at radius 3 is 2.62 bits per heavy atom. The van der Waals surface area contributed by atoms with E-state index in [1.54, 1.807) is 26.0 Å². The number of hydrogen-bond acceptors (Lipinski definition) is 6. The van der Waals surface area contributed by atoms with Crippen molar-refractivity contribution in [2.24, 2.45) is 0 Å². The summed E-state index contributed by atoms with van der Waals surface area (Å²) in [5, 5.41) is 13.3. The van der Waals surface area contributed by atoms with E-state index in [4.69, 9.17) is 9.15 Å². The Hall–Kier alpha value is -3.71. The molecular weight excluding hydrogens is 406 g/mol. The summed E-state index contributed by atoms with van der Waals surface area (Å²) in [6, 6.07) is 14.8. The van der Waals surface area contributed by atoms with Crippen molar-refractivity contribution in [2.45, 2.75) is 33.3 Å². The number of anilines is 1. The number of carbonyl (C=O) groups is 1. The fourth-order valence-electron chi connectivity index (χ4n) is 3.39. The molecule has 32 heavy (non-hydrogen) atoms. The monoisotopic (exact) mass is 431 g/mol. The highest BCUT2D eigenvalue weighted by Crippen LogP contribution is 2.32. The molecule has 0 aliphatic rings. The van der Waals surface area contributed by atoms with Crippen LogP contribution in [0.5, 0.6) is 5.75 Å². The van der Waals surface area contributed by atoms with E-state index in [1.807, 2.05) is 50.2 Å². The molecule has 164 valence electrons. The first kappa shape index (κ1) is 21.5. The molecule has 0 radical (unpaired) electrons. The second-order valence-electron chi connectivity index (χ2n) is 8.27. The SMILES string of the molecule is Cc1cc(C(C)(C)O)c2oc(-c3ccc(NC(=O)COc4ccccc4C)cn3)nc2c1. The number of rotatable bonds is 6. The van der Waals surface area contributed by atoms with Gasteiger partial charge in [-0.15, -0.1) is 0 Å². The minimum absolute atomic E-state index is 0.100. The average molecular weight is 431 g/mol. The Bertz CT molecular complexity index is 1270. The summed E-state index contributed by atoms with van der Waals surface area (Å²) in [5.41, 5.74) is 3.80. The minimum Gasteiger partial charge on any atom is -0.483 e. The van der Waals surface area contributed by atoms with Gasteiger partial charge >= 0.3 is 0 Å². The number of aliphatic hydroxyl groups is 1. The Labute approximate surface area is 186 Å². The van der Waals surface area contributed by atoms with Crippen LogP contribution in [0.15, 0.2) is 59.1 Å². The normalized spacial score (nSPS) is 11.5. The van der Waals surface area contributed by atoms with Gasteiger partial charge in [0.25, 0.3) is 5.91 Å². The van der Waals surface area contributed by atoms with Gasteiger partial charge in [-0.3, -0.25) is 4.79 Å². The van der Waals surface area contributed by atoms with Gasteiger partial charge in [-0.25, -0.2) is 9.97 Å². The third kappa shape index (κ3) is 4.63. The van der Waals surface area contributed by atoms with E-state index in [0.29, 0.717) is 39.7 Å². The van der Waals surface area contributed by atoms with Gasteiger partial charge in [-0.2, -0.15) is 0 Å². The Morgan fingerprint density at radius 1 is 1.16 bits per heavy atom. The number of aryl methyl sites for hydroxylation is 2. The fourth-order valence-corrected chi connectivity index (χ4v) is 3.39. The van der Waals surface area contributed by atoms with Crippen LogP contribution in [0.4, 0.5) is 5.69 Å². The van der Waals surface area contributed by atoms with E-state index in [2.05, 4.69) is 15.3 Å². The quantitative estimate of drug-likeness (QED) is 0.457. The van der Waals surface area contributed by atoms with Gasteiger partial charge in [0.15, 0.2) is 12.2 Å². The maximum Gasteiger partial charge on any atom is 0.262 e. The summed E-state index contributed by atoms with van der Waals surface area (Å²) in [4.78, 5) is 21.1.